The summed E-state index contributed by atoms with van der Waals surface area (Å²) in [7, 11) is 1.47. The highest BCUT2D eigenvalue weighted by molar-refractivity contribution is 7.22. The molecule has 0 bridgehead atoms. The largest absolute Gasteiger partial charge is 0.495 e. The van der Waals surface area contributed by atoms with Gasteiger partial charge in [0, 0.05) is 12.1 Å². The molecular formula is C15H11N3O5S. The number of nitro groups is 1. The number of nitro benzene ring substituents is 1. The van der Waals surface area contributed by atoms with Gasteiger partial charge in [0.25, 0.3) is 5.69 Å². The SMILES string of the molecule is COc1ccc(C(=O)O)cc1Nc1nc2ccc([N+](=O)[O-])cc2s1. The number of nitrogens with zero attached hydrogens (tertiary/aromatic N) is 2. The standard InChI is InChI=1S/C15H11N3O5S/c1-23-12-5-2-8(14(19)20)6-11(12)17-15-16-10-4-3-9(18(21)22)7-13(10)24-15/h2-7H,1H3,(H,16,17)(H,19,20). The number of hydrogen-bond acceptors (Lipinski definition) is 7. The van der Waals surface area contributed by atoms with Gasteiger partial charge >= 0.3 is 5.97 Å². The van der Waals surface area contributed by atoms with Gasteiger partial charge in [0.2, 0.25) is 0 Å². The first-order valence-corrected chi connectivity index (χ1v) is 7.53. The molecule has 0 atom stereocenters. The topological polar surface area (TPSA) is 115 Å². The van der Waals surface area contributed by atoms with Crippen molar-refractivity contribution >= 4 is 44.0 Å². The zero-order valence-electron chi connectivity index (χ0n) is 12.3. The number of carboxylic acid groups (broad SMARTS) is 1. The Bertz CT molecular complexity index is 953. The van der Waals surface area contributed by atoms with Crippen LogP contribution in [-0.4, -0.2) is 28.1 Å². The van der Waals surface area contributed by atoms with E-state index in [0.717, 1.165) is 0 Å². The predicted octanol–water partition coefficient (Wildman–Crippen LogP) is 3.65. The van der Waals surface area contributed by atoms with Crippen LogP contribution >= 0.6 is 11.3 Å². The van der Waals surface area contributed by atoms with E-state index in [2.05, 4.69) is 10.3 Å². The quantitative estimate of drug-likeness (QED) is 0.535. The summed E-state index contributed by atoms with van der Waals surface area (Å²) in [6.07, 6.45) is 0. The number of anilines is 2. The fourth-order valence-corrected chi connectivity index (χ4v) is 3.05. The molecule has 3 rings (SSSR count). The van der Waals surface area contributed by atoms with E-state index in [4.69, 9.17) is 9.84 Å². The molecule has 0 aliphatic rings. The highest BCUT2D eigenvalue weighted by Crippen LogP contribution is 2.34. The monoisotopic (exact) mass is 345 g/mol. The minimum Gasteiger partial charge on any atom is -0.495 e. The Morgan fingerprint density at radius 3 is 2.79 bits per heavy atom. The maximum atomic E-state index is 11.1. The lowest BCUT2D eigenvalue weighted by Gasteiger charge is -2.09. The lowest BCUT2D eigenvalue weighted by atomic mass is 10.2. The third kappa shape index (κ3) is 2.97. The molecule has 1 heterocycles. The molecule has 0 saturated carbocycles. The first-order valence-electron chi connectivity index (χ1n) is 6.71. The Morgan fingerprint density at radius 1 is 1.33 bits per heavy atom. The van der Waals surface area contributed by atoms with Crippen LogP contribution in [0.25, 0.3) is 10.2 Å². The van der Waals surface area contributed by atoms with E-state index in [1.807, 2.05) is 0 Å². The van der Waals surface area contributed by atoms with Gasteiger partial charge in [-0.3, -0.25) is 10.1 Å². The molecule has 122 valence electrons. The van der Waals surface area contributed by atoms with Gasteiger partial charge in [-0.1, -0.05) is 11.3 Å². The number of rotatable bonds is 5. The van der Waals surface area contributed by atoms with Gasteiger partial charge in [-0.25, -0.2) is 9.78 Å². The number of thiazole rings is 1. The molecule has 2 N–H and O–H groups in total. The second-order valence-electron chi connectivity index (χ2n) is 4.77. The molecular weight excluding hydrogens is 334 g/mol. The molecule has 0 spiro atoms. The number of carboxylic acids is 1. The Morgan fingerprint density at radius 2 is 2.12 bits per heavy atom. The van der Waals surface area contributed by atoms with Crippen LogP contribution in [0.4, 0.5) is 16.5 Å². The van der Waals surface area contributed by atoms with Gasteiger partial charge in [0.1, 0.15) is 5.75 Å². The molecule has 0 aliphatic heterocycles. The lowest BCUT2D eigenvalue weighted by molar-refractivity contribution is -0.384. The third-order valence-corrected chi connectivity index (χ3v) is 4.20. The van der Waals surface area contributed by atoms with Crippen LogP contribution in [0.1, 0.15) is 10.4 Å². The van der Waals surface area contributed by atoms with E-state index in [0.29, 0.717) is 26.8 Å². The van der Waals surface area contributed by atoms with Gasteiger partial charge in [-0.15, -0.1) is 0 Å². The normalized spacial score (nSPS) is 10.5. The Labute approximate surface area is 139 Å². The van der Waals surface area contributed by atoms with Gasteiger partial charge in [0.15, 0.2) is 5.13 Å². The van der Waals surface area contributed by atoms with Crippen LogP contribution in [0.15, 0.2) is 36.4 Å². The maximum absolute atomic E-state index is 11.1. The van der Waals surface area contributed by atoms with Gasteiger partial charge in [-0.05, 0) is 24.3 Å². The molecule has 1 aromatic heterocycles. The van der Waals surface area contributed by atoms with Crippen LogP contribution in [0.5, 0.6) is 5.75 Å². The van der Waals surface area contributed by atoms with Crippen molar-refractivity contribution in [3.63, 3.8) is 0 Å². The van der Waals surface area contributed by atoms with E-state index < -0.39 is 10.9 Å². The smallest absolute Gasteiger partial charge is 0.335 e. The second-order valence-corrected chi connectivity index (χ2v) is 5.80. The average Bonchev–Trinajstić information content (AvgIpc) is 2.95. The number of fused-ring (bicyclic) bond motifs is 1. The molecule has 0 fully saturated rings. The molecule has 0 saturated heterocycles. The second kappa shape index (κ2) is 6.13. The fourth-order valence-electron chi connectivity index (χ4n) is 2.13. The molecule has 24 heavy (non-hydrogen) atoms. The number of aromatic nitrogens is 1. The number of ether oxygens (including phenoxy) is 1. The molecule has 0 unspecified atom stereocenters. The van der Waals surface area contributed by atoms with Crippen molar-refractivity contribution in [3.8, 4) is 5.75 Å². The average molecular weight is 345 g/mol. The van der Waals surface area contributed by atoms with Crippen molar-refractivity contribution in [2.75, 3.05) is 12.4 Å². The van der Waals surface area contributed by atoms with Crippen molar-refractivity contribution < 1.29 is 19.6 Å². The number of nitrogens with one attached hydrogen (secondary N) is 1. The van der Waals surface area contributed by atoms with Crippen LogP contribution in [-0.2, 0) is 0 Å². The molecule has 3 aromatic rings. The zero-order valence-corrected chi connectivity index (χ0v) is 13.2. The van der Waals surface area contributed by atoms with E-state index in [9.17, 15) is 14.9 Å². The number of benzene rings is 2. The summed E-state index contributed by atoms with van der Waals surface area (Å²) in [5.74, 6) is -0.592. The summed E-state index contributed by atoms with van der Waals surface area (Å²) in [4.78, 5) is 25.8. The number of non-ortho nitro benzene ring substituents is 1. The van der Waals surface area contributed by atoms with E-state index in [-0.39, 0.29) is 11.3 Å². The molecule has 8 nitrogen and oxygen atoms in total. The predicted molar refractivity (Wildman–Crippen MR) is 89.5 cm³/mol. The van der Waals surface area contributed by atoms with Crippen molar-refractivity contribution in [1.82, 2.24) is 4.98 Å². The van der Waals surface area contributed by atoms with Crippen molar-refractivity contribution in [2.45, 2.75) is 0 Å². The van der Waals surface area contributed by atoms with Crippen LogP contribution in [0, 0.1) is 10.1 Å². The number of carbonyl (C=O) groups is 1. The van der Waals surface area contributed by atoms with E-state index in [1.165, 1.54) is 42.7 Å². The highest BCUT2D eigenvalue weighted by atomic mass is 32.1. The molecule has 0 amide bonds. The van der Waals surface area contributed by atoms with Crippen LogP contribution in [0.2, 0.25) is 0 Å². The number of methoxy groups -OCH3 is 1. The van der Waals surface area contributed by atoms with Crippen molar-refractivity contribution in [3.05, 3.63) is 52.1 Å². The van der Waals surface area contributed by atoms with E-state index in [1.54, 1.807) is 12.1 Å². The number of aromatic carboxylic acids is 1. The summed E-state index contributed by atoms with van der Waals surface area (Å²) in [6.45, 7) is 0. The molecule has 2 aromatic carbocycles. The Kier molecular flexibility index (Phi) is 4.00. The van der Waals surface area contributed by atoms with Crippen LogP contribution in [0.3, 0.4) is 0 Å². The Balaban J connectivity index is 1.98. The summed E-state index contributed by atoms with van der Waals surface area (Å²) < 4.78 is 5.86. The Hall–Kier alpha value is -3.20. The minimum atomic E-state index is -1.05. The minimum absolute atomic E-state index is 0.0110. The molecule has 0 aliphatic carbocycles. The molecule has 0 radical (unpaired) electrons. The van der Waals surface area contributed by atoms with Crippen molar-refractivity contribution in [2.24, 2.45) is 0 Å². The van der Waals surface area contributed by atoms with E-state index >= 15 is 0 Å². The summed E-state index contributed by atoms with van der Waals surface area (Å²) in [6, 6.07) is 8.83. The highest BCUT2D eigenvalue weighted by Gasteiger charge is 2.13. The van der Waals surface area contributed by atoms with Crippen molar-refractivity contribution in [1.29, 1.82) is 0 Å². The zero-order chi connectivity index (χ0) is 17.3. The third-order valence-electron chi connectivity index (χ3n) is 3.27. The van der Waals surface area contributed by atoms with Crippen LogP contribution < -0.4 is 10.1 Å². The first kappa shape index (κ1) is 15.7. The van der Waals surface area contributed by atoms with Gasteiger partial charge < -0.3 is 15.2 Å². The summed E-state index contributed by atoms with van der Waals surface area (Å²) >= 11 is 1.23. The van der Waals surface area contributed by atoms with Gasteiger partial charge in [-0.2, -0.15) is 0 Å². The lowest BCUT2D eigenvalue weighted by Crippen LogP contribution is -2.00. The first-order chi connectivity index (χ1) is 11.5. The maximum Gasteiger partial charge on any atom is 0.335 e. The number of hydrogen-bond donors (Lipinski definition) is 2. The molecule has 9 heteroatoms. The van der Waals surface area contributed by atoms with Gasteiger partial charge in [0.05, 0.1) is 33.5 Å². The summed E-state index contributed by atoms with van der Waals surface area (Å²) in [5, 5.41) is 23.4. The summed E-state index contributed by atoms with van der Waals surface area (Å²) in [5.41, 5.74) is 1.16. The fraction of sp³-hybridized carbons (Fsp3) is 0.0667.